The van der Waals surface area contributed by atoms with Gasteiger partial charge in [-0.15, -0.1) is 0 Å². The fourth-order valence-electron chi connectivity index (χ4n) is 3.32. The van der Waals surface area contributed by atoms with Crippen LogP contribution in [0.3, 0.4) is 0 Å². The van der Waals surface area contributed by atoms with Crippen molar-refractivity contribution >= 4 is 0 Å². The molecular weight excluding hydrogens is 236 g/mol. The Balaban J connectivity index is 2.56. The molecule has 3 atom stereocenters. The van der Waals surface area contributed by atoms with Crippen molar-refractivity contribution in [3.63, 3.8) is 0 Å². The molecule has 0 heterocycles. The van der Waals surface area contributed by atoms with Crippen molar-refractivity contribution in [1.82, 2.24) is 4.90 Å². The van der Waals surface area contributed by atoms with Crippen molar-refractivity contribution in [2.75, 3.05) is 19.6 Å². The molecule has 0 aromatic heterocycles. The summed E-state index contributed by atoms with van der Waals surface area (Å²) in [4.78, 5) is 2.35. The summed E-state index contributed by atoms with van der Waals surface area (Å²) < 4.78 is 0. The van der Waals surface area contributed by atoms with Gasteiger partial charge in [-0.05, 0) is 57.4 Å². The first kappa shape index (κ1) is 16.9. The Kier molecular flexibility index (Phi) is 6.28. The molecule has 3 heteroatoms. The number of rotatable bonds is 6. The van der Waals surface area contributed by atoms with Crippen molar-refractivity contribution in [2.45, 2.75) is 65.5 Å². The van der Waals surface area contributed by atoms with E-state index in [1.165, 1.54) is 12.8 Å². The maximum absolute atomic E-state index is 9.98. The van der Waals surface area contributed by atoms with Gasteiger partial charge in [-0.1, -0.05) is 20.8 Å². The molecule has 0 radical (unpaired) electrons. The monoisotopic (exact) mass is 270 g/mol. The smallest absolute Gasteiger partial charge is 0.0718 e. The maximum Gasteiger partial charge on any atom is 0.0718 e. The van der Waals surface area contributed by atoms with Gasteiger partial charge in [-0.2, -0.15) is 0 Å². The molecule has 3 nitrogen and oxygen atoms in total. The molecule has 1 fully saturated rings. The van der Waals surface area contributed by atoms with Crippen molar-refractivity contribution in [2.24, 2.45) is 23.5 Å². The third-order valence-electron chi connectivity index (χ3n) is 4.58. The molecule has 3 unspecified atom stereocenters. The molecule has 1 aliphatic carbocycles. The molecule has 0 aromatic carbocycles. The van der Waals surface area contributed by atoms with Gasteiger partial charge in [0.15, 0.2) is 0 Å². The predicted molar refractivity (Wildman–Crippen MR) is 82.1 cm³/mol. The highest BCUT2D eigenvalue weighted by Gasteiger charge is 2.31. The van der Waals surface area contributed by atoms with Crippen LogP contribution in [0.2, 0.25) is 0 Å². The van der Waals surface area contributed by atoms with Gasteiger partial charge in [-0.25, -0.2) is 0 Å². The van der Waals surface area contributed by atoms with Gasteiger partial charge in [0.1, 0.15) is 0 Å². The fourth-order valence-corrected chi connectivity index (χ4v) is 3.32. The SMILES string of the molecule is CCN(CC1CC(C(C)C)CCC1N)CC(C)(C)O. The molecule has 0 aromatic rings. The van der Waals surface area contributed by atoms with Crippen molar-refractivity contribution in [3.05, 3.63) is 0 Å². The molecular formula is C16H34N2O. The first-order valence-corrected chi connectivity index (χ1v) is 7.93. The Morgan fingerprint density at radius 3 is 2.42 bits per heavy atom. The van der Waals surface area contributed by atoms with Gasteiger partial charge in [-0.3, -0.25) is 0 Å². The molecule has 1 saturated carbocycles. The van der Waals surface area contributed by atoms with Crippen LogP contribution in [0.5, 0.6) is 0 Å². The van der Waals surface area contributed by atoms with Crippen LogP contribution in [0.25, 0.3) is 0 Å². The van der Waals surface area contributed by atoms with E-state index in [0.29, 0.717) is 12.0 Å². The average Bonchev–Trinajstić information content (AvgIpc) is 2.28. The number of aliphatic hydroxyl groups is 1. The van der Waals surface area contributed by atoms with Gasteiger partial charge in [0, 0.05) is 19.1 Å². The minimum atomic E-state index is -0.619. The largest absolute Gasteiger partial charge is 0.389 e. The van der Waals surface area contributed by atoms with Crippen LogP contribution in [0.4, 0.5) is 0 Å². The lowest BCUT2D eigenvalue weighted by Gasteiger charge is -2.39. The molecule has 1 aliphatic rings. The fraction of sp³-hybridized carbons (Fsp3) is 1.00. The number of likely N-dealkylation sites (N-methyl/N-ethyl adjacent to an activating group) is 1. The van der Waals surface area contributed by atoms with Gasteiger partial charge < -0.3 is 15.7 Å². The number of nitrogens with zero attached hydrogens (tertiary/aromatic N) is 1. The molecule has 3 N–H and O–H groups in total. The van der Waals surface area contributed by atoms with E-state index in [-0.39, 0.29) is 0 Å². The average molecular weight is 270 g/mol. The second kappa shape index (κ2) is 7.05. The molecule has 0 aliphatic heterocycles. The van der Waals surface area contributed by atoms with Crippen molar-refractivity contribution in [3.8, 4) is 0 Å². The van der Waals surface area contributed by atoms with E-state index in [1.54, 1.807) is 0 Å². The van der Waals surface area contributed by atoms with Crippen LogP contribution in [-0.4, -0.2) is 41.3 Å². The molecule has 0 bridgehead atoms. The van der Waals surface area contributed by atoms with Gasteiger partial charge >= 0.3 is 0 Å². The maximum atomic E-state index is 9.98. The van der Waals surface area contributed by atoms with Crippen molar-refractivity contribution in [1.29, 1.82) is 0 Å². The Morgan fingerprint density at radius 1 is 1.32 bits per heavy atom. The van der Waals surface area contributed by atoms with E-state index in [0.717, 1.165) is 37.9 Å². The molecule has 0 spiro atoms. The number of nitrogens with two attached hydrogens (primary N) is 1. The lowest BCUT2D eigenvalue weighted by molar-refractivity contribution is 0.0261. The quantitative estimate of drug-likeness (QED) is 0.779. The van der Waals surface area contributed by atoms with E-state index >= 15 is 0 Å². The minimum absolute atomic E-state index is 0.339. The Bertz CT molecular complexity index is 260. The van der Waals surface area contributed by atoms with Crippen LogP contribution in [0.15, 0.2) is 0 Å². The summed E-state index contributed by atoms with van der Waals surface area (Å²) in [5, 5.41) is 9.98. The van der Waals surface area contributed by atoms with E-state index in [4.69, 9.17) is 5.73 Å². The van der Waals surface area contributed by atoms with E-state index in [1.807, 2.05) is 13.8 Å². The summed E-state index contributed by atoms with van der Waals surface area (Å²) in [5.74, 6) is 2.17. The highest BCUT2D eigenvalue weighted by Crippen LogP contribution is 2.33. The molecule has 19 heavy (non-hydrogen) atoms. The van der Waals surface area contributed by atoms with Crippen molar-refractivity contribution < 1.29 is 5.11 Å². The molecule has 114 valence electrons. The number of hydrogen-bond donors (Lipinski definition) is 2. The molecule has 0 saturated heterocycles. The first-order chi connectivity index (χ1) is 8.73. The van der Waals surface area contributed by atoms with Gasteiger partial charge in [0.2, 0.25) is 0 Å². The topological polar surface area (TPSA) is 49.5 Å². The van der Waals surface area contributed by atoms with Gasteiger partial charge in [0.05, 0.1) is 5.60 Å². The highest BCUT2D eigenvalue weighted by molar-refractivity contribution is 4.86. The zero-order valence-corrected chi connectivity index (χ0v) is 13.5. The Labute approximate surface area is 119 Å². The summed E-state index contributed by atoms with van der Waals surface area (Å²) >= 11 is 0. The highest BCUT2D eigenvalue weighted by atomic mass is 16.3. The summed E-state index contributed by atoms with van der Waals surface area (Å²) in [6.07, 6.45) is 3.70. The number of hydrogen-bond acceptors (Lipinski definition) is 3. The van der Waals surface area contributed by atoms with Crippen LogP contribution in [-0.2, 0) is 0 Å². The normalized spacial score (nSPS) is 29.2. The molecule has 1 rings (SSSR count). The van der Waals surface area contributed by atoms with E-state index in [9.17, 15) is 5.11 Å². The van der Waals surface area contributed by atoms with Crippen LogP contribution < -0.4 is 5.73 Å². The van der Waals surface area contributed by atoms with E-state index < -0.39 is 5.60 Å². The van der Waals surface area contributed by atoms with Crippen LogP contribution in [0.1, 0.15) is 53.9 Å². The van der Waals surface area contributed by atoms with Gasteiger partial charge in [0.25, 0.3) is 0 Å². The lowest BCUT2D eigenvalue weighted by atomic mass is 9.73. The lowest BCUT2D eigenvalue weighted by Crippen LogP contribution is -2.47. The van der Waals surface area contributed by atoms with Crippen LogP contribution >= 0.6 is 0 Å². The Hall–Kier alpha value is -0.120. The standard InChI is InChI=1S/C16H34N2O/c1-6-18(11-16(4,5)19)10-14-9-13(12(2)3)7-8-15(14)17/h12-15,19H,6-11,17H2,1-5H3. The first-order valence-electron chi connectivity index (χ1n) is 7.93. The zero-order valence-electron chi connectivity index (χ0n) is 13.5. The summed E-state index contributed by atoms with van der Waals surface area (Å²) in [6.45, 7) is 13.3. The second-order valence-corrected chi connectivity index (χ2v) is 7.38. The third kappa shape index (κ3) is 5.80. The summed E-state index contributed by atoms with van der Waals surface area (Å²) in [7, 11) is 0. The Morgan fingerprint density at radius 2 is 1.95 bits per heavy atom. The third-order valence-corrected chi connectivity index (χ3v) is 4.58. The zero-order chi connectivity index (χ0) is 14.6. The minimum Gasteiger partial charge on any atom is -0.389 e. The second-order valence-electron chi connectivity index (χ2n) is 7.38. The predicted octanol–water partition coefficient (Wildman–Crippen LogP) is 2.48. The van der Waals surface area contributed by atoms with E-state index in [2.05, 4.69) is 25.7 Å². The molecule has 0 amide bonds. The summed E-state index contributed by atoms with van der Waals surface area (Å²) in [6, 6.07) is 0.339. The summed E-state index contributed by atoms with van der Waals surface area (Å²) in [5.41, 5.74) is 5.70. The van der Waals surface area contributed by atoms with Crippen LogP contribution in [0, 0.1) is 17.8 Å².